The van der Waals surface area contributed by atoms with Gasteiger partial charge in [0.15, 0.2) is 0 Å². The third-order valence-corrected chi connectivity index (χ3v) is 3.53. The summed E-state index contributed by atoms with van der Waals surface area (Å²) in [5, 5.41) is 0.816. The Labute approximate surface area is 110 Å². The molecule has 0 radical (unpaired) electrons. The topological polar surface area (TPSA) is 29.5 Å². The van der Waals surface area contributed by atoms with E-state index in [1.165, 1.54) is 5.56 Å². The van der Waals surface area contributed by atoms with Gasteiger partial charge in [-0.3, -0.25) is 4.79 Å². The summed E-state index contributed by atoms with van der Waals surface area (Å²) in [6, 6.07) is 7.73. The first-order chi connectivity index (χ1) is 8.20. The molecule has 1 aliphatic heterocycles. The van der Waals surface area contributed by atoms with Gasteiger partial charge in [0.2, 0.25) is 0 Å². The van der Waals surface area contributed by atoms with Crippen LogP contribution < -0.4 is 0 Å². The van der Waals surface area contributed by atoms with Crippen LogP contribution in [0.15, 0.2) is 24.3 Å². The average Bonchev–Trinajstić information content (AvgIpc) is 2.38. The number of morpholine rings is 1. The van der Waals surface area contributed by atoms with E-state index in [2.05, 4.69) is 15.9 Å². The molecular formula is C13H16BrNO2. The molecule has 3 nitrogen and oxygen atoms in total. The van der Waals surface area contributed by atoms with Gasteiger partial charge in [0.05, 0.1) is 12.7 Å². The number of nitrogens with zero attached hydrogens (tertiary/aromatic N) is 1. The van der Waals surface area contributed by atoms with E-state index in [-0.39, 0.29) is 12.0 Å². The monoisotopic (exact) mass is 297 g/mol. The second-order valence-electron chi connectivity index (χ2n) is 4.26. The molecule has 0 aromatic heterocycles. The molecule has 2 rings (SSSR count). The smallest absolute Gasteiger partial charge is 0.254 e. The van der Waals surface area contributed by atoms with Gasteiger partial charge < -0.3 is 9.64 Å². The lowest BCUT2D eigenvalue weighted by molar-refractivity contribution is -0.0124. The number of hydrogen-bond acceptors (Lipinski definition) is 2. The van der Waals surface area contributed by atoms with Gasteiger partial charge in [0.1, 0.15) is 0 Å². The number of alkyl halides is 1. The molecule has 0 N–H and O–H groups in total. The molecule has 1 heterocycles. The number of amides is 1. The lowest BCUT2D eigenvalue weighted by atomic mass is 10.1. The number of rotatable bonds is 2. The van der Waals surface area contributed by atoms with Crippen LogP contribution in [0.4, 0.5) is 0 Å². The predicted octanol–water partition coefficient (Wildman–Crippen LogP) is 2.44. The van der Waals surface area contributed by atoms with Crippen molar-refractivity contribution < 1.29 is 9.53 Å². The molecule has 92 valence electrons. The average molecular weight is 298 g/mol. The van der Waals surface area contributed by atoms with E-state index in [1.54, 1.807) is 0 Å². The third-order valence-electron chi connectivity index (χ3n) is 2.88. The maximum absolute atomic E-state index is 12.2. The van der Waals surface area contributed by atoms with Crippen LogP contribution in [0.1, 0.15) is 22.8 Å². The van der Waals surface area contributed by atoms with Crippen LogP contribution in [0, 0.1) is 0 Å². The Kier molecular flexibility index (Phi) is 4.18. The lowest BCUT2D eigenvalue weighted by Crippen LogP contribution is -2.44. The molecule has 4 heteroatoms. The fourth-order valence-electron chi connectivity index (χ4n) is 1.92. The van der Waals surface area contributed by atoms with Crippen molar-refractivity contribution in [3.8, 4) is 0 Å². The molecule has 0 saturated carbocycles. The predicted molar refractivity (Wildman–Crippen MR) is 70.4 cm³/mol. The van der Waals surface area contributed by atoms with E-state index in [9.17, 15) is 4.79 Å². The van der Waals surface area contributed by atoms with Crippen molar-refractivity contribution in [3.63, 3.8) is 0 Å². The Morgan fingerprint density at radius 2 is 2.18 bits per heavy atom. The molecule has 0 spiro atoms. The van der Waals surface area contributed by atoms with Crippen molar-refractivity contribution in [2.45, 2.75) is 18.4 Å². The third kappa shape index (κ3) is 3.07. The molecule has 1 aromatic carbocycles. The minimum atomic E-state index is 0.0984. The Morgan fingerprint density at radius 3 is 2.76 bits per heavy atom. The summed E-state index contributed by atoms with van der Waals surface area (Å²) in [7, 11) is 0. The van der Waals surface area contributed by atoms with Crippen LogP contribution in [0.2, 0.25) is 0 Å². The van der Waals surface area contributed by atoms with Crippen molar-refractivity contribution in [1.29, 1.82) is 0 Å². The first-order valence-electron chi connectivity index (χ1n) is 5.76. The molecule has 0 aliphatic carbocycles. The molecule has 1 amide bonds. The van der Waals surface area contributed by atoms with E-state index >= 15 is 0 Å². The summed E-state index contributed by atoms with van der Waals surface area (Å²) < 4.78 is 5.43. The zero-order valence-corrected chi connectivity index (χ0v) is 11.4. The minimum absolute atomic E-state index is 0.0984. The number of hydrogen-bond donors (Lipinski definition) is 0. The lowest BCUT2D eigenvalue weighted by Gasteiger charge is -2.31. The van der Waals surface area contributed by atoms with Crippen LogP contribution in [-0.2, 0) is 10.1 Å². The minimum Gasteiger partial charge on any atom is -0.375 e. The van der Waals surface area contributed by atoms with Gasteiger partial charge in [0.25, 0.3) is 5.91 Å². The molecule has 1 aliphatic rings. The highest BCUT2D eigenvalue weighted by Crippen LogP contribution is 2.12. The molecule has 1 atom stereocenters. The maximum atomic E-state index is 12.2. The number of halogens is 1. The summed E-state index contributed by atoms with van der Waals surface area (Å²) in [5.74, 6) is 0.0984. The standard InChI is InChI=1S/C13H16BrNO2/c1-10-9-15(6-7-17-10)13(16)12-4-2-11(8-14)3-5-12/h2-5,10H,6-9H2,1H3. The van der Waals surface area contributed by atoms with Crippen molar-refractivity contribution in [1.82, 2.24) is 4.90 Å². The quantitative estimate of drug-likeness (QED) is 0.785. The molecule has 1 saturated heterocycles. The Bertz CT molecular complexity index is 391. The second kappa shape index (κ2) is 5.65. The van der Waals surface area contributed by atoms with Gasteiger partial charge in [-0.15, -0.1) is 0 Å². The van der Waals surface area contributed by atoms with Crippen LogP contribution in [0.25, 0.3) is 0 Å². The molecule has 1 fully saturated rings. The number of benzene rings is 1. The highest BCUT2D eigenvalue weighted by Gasteiger charge is 2.22. The van der Waals surface area contributed by atoms with Crippen LogP contribution in [0.5, 0.6) is 0 Å². The maximum Gasteiger partial charge on any atom is 0.254 e. The SMILES string of the molecule is CC1CN(C(=O)c2ccc(CBr)cc2)CCO1. The van der Waals surface area contributed by atoms with Crippen LogP contribution in [0.3, 0.4) is 0 Å². The van der Waals surface area contributed by atoms with E-state index in [0.717, 1.165) is 10.9 Å². The van der Waals surface area contributed by atoms with E-state index < -0.39 is 0 Å². The molecular weight excluding hydrogens is 282 g/mol. The summed E-state index contributed by atoms with van der Waals surface area (Å²) in [4.78, 5) is 14.1. The van der Waals surface area contributed by atoms with Gasteiger partial charge >= 0.3 is 0 Å². The second-order valence-corrected chi connectivity index (χ2v) is 4.82. The Morgan fingerprint density at radius 1 is 1.47 bits per heavy atom. The van der Waals surface area contributed by atoms with Crippen molar-refractivity contribution in [3.05, 3.63) is 35.4 Å². The number of carbonyl (C=O) groups is 1. The highest BCUT2D eigenvalue weighted by molar-refractivity contribution is 9.08. The molecule has 1 aromatic rings. The van der Waals surface area contributed by atoms with Gasteiger partial charge in [-0.05, 0) is 24.6 Å². The normalized spacial score (nSPS) is 20.4. The van der Waals surface area contributed by atoms with Crippen molar-refractivity contribution >= 4 is 21.8 Å². The summed E-state index contributed by atoms with van der Waals surface area (Å²) in [5.41, 5.74) is 1.93. The molecule has 17 heavy (non-hydrogen) atoms. The zero-order valence-electron chi connectivity index (χ0n) is 9.86. The van der Waals surface area contributed by atoms with Crippen LogP contribution >= 0.6 is 15.9 Å². The Balaban J connectivity index is 2.07. The zero-order chi connectivity index (χ0) is 12.3. The van der Waals surface area contributed by atoms with Gasteiger partial charge in [-0.1, -0.05) is 28.1 Å². The molecule has 0 bridgehead atoms. The fraction of sp³-hybridized carbons (Fsp3) is 0.462. The van der Waals surface area contributed by atoms with Crippen LogP contribution in [-0.4, -0.2) is 36.6 Å². The van der Waals surface area contributed by atoms with E-state index in [0.29, 0.717) is 19.7 Å². The first-order valence-corrected chi connectivity index (χ1v) is 6.88. The van der Waals surface area contributed by atoms with Gasteiger partial charge in [-0.25, -0.2) is 0 Å². The summed E-state index contributed by atoms with van der Waals surface area (Å²) in [6.45, 7) is 3.99. The van der Waals surface area contributed by atoms with Crippen molar-refractivity contribution in [2.75, 3.05) is 19.7 Å². The Hall–Kier alpha value is -0.870. The van der Waals surface area contributed by atoms with Crippen molar-refractivity contribution in [2.24, 2.45) is 0 Å². The highest BCUT2D eigenvalue weighted by atomic mass is 79.9. The first kappa shape index (κ1) is 12.6. The number of carbonyl (C=O) groups excluding carboxylic acids is 1. The number of ether oxygens (including phenoxy) is 1. The summed E-state index contributed by atoms with van der Waals surface area (Å²) in [6.07, 6.45) is 0.134. The van der Waals surface area contributed by atoms with E-state index in [1.807, 2.05) is 36.1 Å². The van der Waals surface area contributed by atoms with E-state index in [4.69, 9.17) is 4.74 Å². The largest absolute Gasteiger partial charge is 0.375 e. The molecule has 1 unspecified atom stereocenters. The fourth-order valence-corrected chi connectivity index (χ4v) is 2.30. The van der Waals surface area contributed by atoms with Gasteiger partial charge in [0, 0.05) is 24.0 Å². The summed E-state index contributed by atoms with van der Waals surface area (Å²) >= 11 is 3.39. The van der Waals surface area contributed by atoms with Gasteiger partial charge in [-0.2, -0.15) is 0 Å².